The van der Waals surface area contributed by atoms with Crippen LogP contribution in [0.5, 0.6) is 5.75 Å². The van der Waals surface area contributed by atoms with E-state index in [0.717, 1.165) is 43.4 Å². The normalized spacial score (nSPS) is 15.1. The first-order valence-corrected chi connectivity index (χ1v) is 12.6. The van der Waals surface area contributed by atoms with Gasteiger partial charge in [-0.05, 0) is 57.0 Å². The topological polar surface area (TPSA) is 113 Å². The molecule has 5 rings (SSSR count). The van der Waals surface area contributed by atoms with E-state index in [2.05, 4.69) is 30.1 Å². The first-order valence-electron chi connectivity index (χ1n) is 11.8. The maximum absolute atomic E-state index is 12.1. The number of nitrogens with zero attached hydrogens (tertiary/aromatic N) is 5. The molecular weight excluding hydrogens is 486 g/mol. The van der Waals surface area contributed by atoms with Gasteiger partial charge in [-0.1, -0.05) is 24.3 Å². The molecule has 186 valence electrons. The number of thiophene rings is 1. The van der Waals surface area contributed by atoms with E-state index in [1.807, 2.05) is 35.8 Å². The van der Waals surface area contributed by atoms with Crippen molar-refractivity contribution in [2.75, 3.05) is 7.11 Å². The quantitative estimate of drug-likeness (QED) is 0.383. The average Bonchev–Trinajstić information content (AvgIpc) is 3.37. The zero-order chi connectivity index (χ0) is 26.4. The van der Waals surface area contributed by atoms with E-state index >= 15 is 0 Å². The lowest BCUT2D eigenvalue weighted by Crippen LogP contribution is -2.21. The van der Waals surface area contributed by atoms with Crippen molar-refractivity contribution >= 4 is 23.0 Å². The molecule has 1 unspecified atom stereocenters. The van der Waals surface area contributed by atoms with Crippen molar-refractivity contribution in [1.29, 1.82) is 5.26 Å². The summed E-state index contributed by atoms with van der Waals surface area (Å²) in [7, 11) is 1.60. The first kappa shape index (κ1) is 24.4. The minimum Gasteiger partial charge on any atom is -0.496 e. The van der Waals surface area contributed by atoms with E-state index in [0.29, 0.717) is 23.0 Å². The maximum atomic E-state index is 12.1. The highest BCUT2D eigenvalue weighted by atomic mass is 32.1. The molecule has 0 spiro atoms. The summed E-state index contributed by atoms with van der Waals surface area (Å²) in [6.45, 7) is 7.65. The van der Waals surface area contributed by atoms with Crippen LogP contribution in [0.3, 0.4) is 0 Å². The summed E-state index contributed by atoms with van der Waals surface area (Å²) in [5.74, 6) is 0.146. The Labute approximate surface area is 218 Å². The number of rotatable bonds is 5. The van der Waals surface area contributed by atoms with Crippen LogP contribution in [0.1, 0.15) is 51.7 Å². The summed E-state index contributed by atoms with van der Waals surface area (Å²) in [5.41, 5.74) is 5.90. The van der Waals surface area contributed by atoms with Crippen LogP contribution in [0.4, 0.5) is 0 Å². The van der Waals surface area contributed by atoms with E-state index in [4.69, 9.17) is 9.73 Å². The standard InChI is InChI=1S/C28H25N5O3S/c1-14-16(3)37-27-23(14)25(30-24(15(2)28(34)35)26-32-31-17(4)33(26)27)20-9-7-19(8-10-20)21-12-18(13-29)6-11-22(21)36-5/h6-12,15,24H,1-5H3,(H,34,35)/t15?,24-/m0/s1. The molecule has 0 bridgehead atoms. The first-order chi connectivity index (χ1) is 17.7. The molecule has 2 atom stereocenters. The third-order valence-corrected chi connectivity index (χ3v) is 8.04. The van der Waals surface area contributed by atoms with Gasteiger partial charge >= 0.3 is 5.97 Å². The third-order valence-electron chi connectivity index (χ3n) is 6.85. The van der Waals surface area contributed by atoms with E-state index < -0.39 is 17.9 Å². The van der Waals surface area contributed by atoms with Crippen LogP contribution in [0.2, 0.25) is 0 Å². The van der Waals surface area contributed by atoms with Gasteiger partial charge in [0.15, 0.2) is 5.82 Å². The molecule has 2 aromatic carbocycles. The van der Waals surface area contributed by atoms with Crippen molar-refractivity contribution in [3.8, 4) is 27.9 Å². The predicted molar refractivity (Wildman–Crippen MR) is 142 cm³/mol. The Hall–Kier alpha value is -4.29. The Kier molecular flexibility index (Phi) is 6.13. The number of aliphatic imine (C=N–C) groups is 1. The van der Waals surface area contributed by atoms with Gasteiger partial charge in [-0.2, -0.15) is 5.26 Å². The predicted octanol–water partition coefficient (Wildman–Crippen LogP) is 5.41. The van der Waals surface area contributed by atoms with Gasteiger partial charge in [0.1, 0.15) is 22.6 Å². The van der Waals surface area contributed by atoms with Crippen LogP contribution in [-0.2, 0) is 4.79 Å². The van der Waals surface area contributed by atoms with Crippen LogP contribution in [-0.4, -0.2) is 38.7 Å². The second kappa shape index (κ2) is 9.30. The van der Waals surface area contributed by atoms with E-state index in [9.17, 15) is 15.2 Å². The second-order valence-corrected chi connectivity index (χ2v) is 10.3. The number of ether oxygens (including phenoxy) is 1. The number of nitriles is 1. The Morgan fingerprint density at radius 1 is 1.14 bits per heavy atom. The van der Waals surface area contributed by atoms with Crippen LogP contribution < -0.4 is 4.74 Å². The van der Waals surface area contributed by atoms with Gasteiger partial charge in [-0.3, -0.25) is 14.4 Å². The highest BCUT2D eigenvalue weighted by Crippen LogP contribution is 2.41. The largest absolute Gasteiger partial charge is 0.496 e. The van der Waals surface area contributed by atoms with Crippen molar-refractivity contribution < 1.29 is 14.6 Å². The molecule has 1 N–H and O–H groups in total. The highest BCUT2D eigenvalue weighted by molar-refractivity contribution is 7.15. The average molecular weight is 512 g/mol. The minimum absolute atomic E-state index is 0.527. The molecule has 0 saturated carbocycles. The van der Waals surface area contributed by atoms with E-state index in [1.54, 1.807) is 43.6 Å². The molecule has 0 aliphatic carbocycles. The lowest BCUT2D eigenvalue weighted by molar-refractivity contribution is -0.141. The summed E-state index contributed by atoms with van der Waals surface area (Å²) in [6.07, 6.45) is 0. The molecule has 0 saturated heterocycles. The summed E-state index contributed by atoms with van der Waals surface area (Å²) >= 11 is 1.63. The molecule has 2 aromatic heterocycles. The Balaban J connectivity index is 1.70. The molecule has 9 heteroatoms. The highest BCUT2D eigenvalue weighted by Gasteiger charge is 2.36. The van der Waals surface area contributed by atoms with Gasteiger partial charge in [0.2, 0.25) is 0 Å². The molecule has 0 fully saturated rings. The number of hydrogen-bond acceptors (Lipinski definition) is 7. The van der Waals surface area contributed by atoms with Gasteiger partial charge in [0.05, 0.1) is 30.4 Å². The van der Waals surface area contributed by atoms with Crippen molar-refractivity contribution in [2.24, 2.45) is 10.9 Å². The Bertz CT molecular complexity index is 1610. The summed E-state index contributed by atoms with van der Waals surface area (Å²) in [6, 6.07) is 14.7. The molecule has 0 amide bonds. The molecule has 8 nitrogen and oxygen atoms in total. The smallest absolute Gasteiger partial charge is 0.308 e. The number of carbonyl (C=O) groups is 1. The number of hydrogen-bond donors (Lipinski definition) is 1. The van der Waals surface area contributed by atoms with Gasteiger partial charge in [0.25, 0.3) is 0 Å². The maximum Gasteiger partial charge on any atom is 0.308 e. The summed E-state index contributed by atoms with van der Waals surface area (Å²) < 4.78 is 7.48. The molecular formula is C28H25N5O3S. The van der Waals surface area contributed by atoms with Gasteiger partial charge in [0, 0.05) is 21.6 Å². The summed E-state index contributed by atoms with van der Waals surface area (Å²) in [5, 5.41) is 28.8. The molecule has 3 heterocycles. The molecule has 0 radical (unpaired) electrons. The minimum atomic E-state index is -0.946. The SMILES string of the molecule is COc1ccc(C#N)cc1-c1ccc(C2=N[C@@H](C(C)C(=O)O)c3nnc(C)n3-c3sc(C)c(C)c32)cc1. The molecule has 1 aliphatic heterocycles. The zero-order valence-corrected chi connectivity index (χ0v) is 21.9. The number of methoxy groups -OCH3 is 1. The van der Waals surface area contributed by atoms with Crippen molar-refractivity contribution in [3.05, 3.63) is 81.2 Å². The molecule has 4 aromatic rings. The number of aromatic nitrogens is 3. The van der Waals surface area contributed by atoms with Gasteiger partial charge in [-0.15, -0.1) is 21.5 Å². The fourth-order valence-electron chi connectivity index (χ4n) is 4.63. The lowest BCUT2D eigenvalue weighted by atomic mass is 9.95. The lowest BCUT2D eigenvalue weighted by Gasteiger charge is -2.16. The number of benzene rings is 2. The number of carboxylic acids is 1. The van der Waals surface area contributed by atoms with Crippen molar-refractivity contribution in [2.45, 2.75) is 33.7 Å². The Morgan fingerprint density at radius 2 is 1.84 bits per heavy atom. The second-order valence-electron chi connectivity index (χ2n) is 9.06. The number of aliphatic carboxylic acids is 1. The van der Waals surface area contributed by atoms with Crippen LogP contribution in [0, 0.1) is 38.0 Å². The van der Waals surface area contributed by atoms with E-state index in [1.165, 1.54) is 0 Å². The van der Waals surface area contributed by atoms with Crippen LogP contribution in [0.25, 0.3) is 16.1 Å². The third kappa shape index (κ3) is 3.99. The van der Waals surface area contributed by atoms with E-state index in [-0.39, 0.29) is 0 Å². The Morgan fingerprint density at radius 3 is 2.49 bits per heavy atom. The van der Waals surface area contributed by atoms with Crippen LogP contribution in [0.15, 0.2) is 47.5 Å². The van der Waals surface area contributed by atoms with Gasteiger partial charge < -0.3 is 9.84 Å². The van der Waals surface area contributed by atoms with Crippen molar-refractivity contribution in [1.82, 2.24) is 14.8 Å². The summed E-state index contributed by atoms with van der Waals surface area (Å²) in [4.78, 5) is 18.3. The number of aryl methyl sites for hydroxylation is 2. The fourth-order valence-corrected chi connectivity index (χ4v) is 5.84. The van der Waals surface area contributed by atoms with Crippen LogP contribution >= 0.6 is 11.3 Å². The fraction of sp³-hybridized carbons (Fsp3) is 0.250. The monoisotopic (exact) mass is 511 g/mol. The van der Waals surface area contributed by atoms with Gasteiger partial charge in [-0.25, -0.2) is 0 Å². The zero-order valence-electron chi connectivity index (χ0n) is 21.1. The number of fused-ring (bicyclic) bond motifs is 3. The number of carboxylic acid groups (broad SMARTS) is 1. The molecule has 37 heavy (non-hydrogen) atoms. The molecule has 1 aliphatic rings. The van der Waals surface area contributed by atoms with Crippen molar-refractivity contribution in [3.63, 3.8) is 0 Å².